The molecule has 0 spiro atoms. The molecule has 0 atom stereocenters. The second kappa shape index (κ2) is 5.89. The summed E-state index contributed by atoms with van der Waals surface area (Å²) < 4.78 is 0. The minimum Gasteiger partial charge on any atom is -0.398 e. The van der Waals surface area contributed by atoms with E-state index in [0.717, 1.165) is 12.2 Å². The van der Waals surface area contributed by atoms with Crippen molar-refractivity contribution in [3.63, 3.8) is 0 Å². The predicted molar refractivity (Wildman–Crippen MR) is 78.2 cm³/mol. The number of nitrogen functional groups attached to an aromatic ring is 1. The Morgan fingerprint density at radius 2 is 1.89 bits per heavy atom. The van der Waals surface area contributed by atoms with E-state index in [9.17, 15) is 4.79 Å². The van der Waals surface area contributed by atoms with Crippen LogP contribution >= 0.6 is 0 Å². The van der Waals surface area contributed by atoms with E-state index in [1.807, 2.05) is 18.2 Å². The first-order chi connectivity index (χ1) is 8.32. The summed E-state index contributed by atoms with van der Waals surface area (Å²) in [5, 5.41) is 0. The maximum Gasteiger partial charge on any atom is 0.161 e. The fourth-order valence-corrected chi connectivity index (χ4v) is 2.06. The zero-order chi connectivity index (χ0) is 13.9. The fourth-order valence-electron chi connectivity index (χ4n) is 2.06. The quantitative estimate of drug-likeness (QED) is 0.642. The molecule has 0 heterocycles. The first-order valence-electron chi connectivity index (χ1n) is 6.50. The predicted octanol–water partition coefficient (Wildman–Crippen LogP) is 3.34. The lowest BCUT2D eigenvalue weighted by Gasteiger charge is -2.31. The van der Waals surface area contributed by atoms with Gasteiger partial charge in [0.05, 0.1) is 0 Å². The van der Waals surface area contributed by atoms with Gasteiger partial charge in [-0.2, -0.15) is 0 Å². The topological polar surface area (TPSA) is 46.3 Å². The van der Waals surface area contributed by atoms with Gasteiger partial charge in [0.2, 0.25) is 0 Å². The molecular weight excluding hydrogens is 224 g/mol. The van der Waals surface area contributed by atoms with Gasteiger partial charge in [-0.05, 0) is 44.9 Å². The first-order valence-corrected chi connectivity index (χ1v) is 6.50. The van der Waals surface area contributed by atoms with Crippen LogP contribution in [0.5, 0.6) is 0 Å². The van der Waals surface area contributed by atoms with E-state index in [0.29, 0.717) is 23.2 Å². The molecule has 100 valence electrons. The van der Waals surface area contributed by atoms with E-state index in [1.54, 1.807) is 6.92 Å². The van der Waals surface area contributed by atoms with Crippen LogP contribution in [0.3, 0.4) is 0 Å². The smallest absolute Gasteiger partial charge is 0.161 e. The molecule has 0 aliphatic rings. The average Bonchev–Trinajstić information content (AvgIpc) is 2.24. The molecule has 1 rings (SSSR count). The van der Waals surface area contributed by atoms with Crippen LogP contribution < -0.4 is 10.6 Å². The highest BCUT2D eigenvalue weighted by Crippen LogP contribution is 2.24. The lowest BCUT2D eigenvalue weighted by molar-refractivity contribution is 0.101. The Hall–Kier alpha value is -1.51. The Morgan fingerprint density at radius 3 is 2.28 bits per heavy atom. The van der Waals surface area contributed by atoms with E-state index in [-0.39, 0.29) is 5.78 Å². The van der Waals surface area contributed by atoms with Gasteiger partial charge in [-0.3, -0.25) is 4.79 Å². The number of hydrogen-bond acceptors (Lipinski definition) is 3. The Labute approximate surface area is 110 Å². The number of anilines is 2. The normalized spacial score (nSPS) is 11.1. The van der Waals surface area contributed by atoms with Crippen molar-refractivity contribution in [1.82, 2.24) is 0 Å². The molecule has 3 heteroatoms. The van der Waals surface area contributed by atoms with Gasteiger partial charge < -0.3 is 10.6 Å². The maximum atomic E-state index is 11.4. The zero-order valence-electron chi connectivity index (χ0n) is 12.0. The Bertz CT molecular complexity index is 425. The largest absolute Gasteiger partial charge is 0.398 e. The van der Waals surface area contributed by atoms with Crippen LogP contribution in [0.1, 0.15) is 45.0 Å². The third-order valence-electron chi connectivity index (χ3n) is 2.93. The Morgan fingerprint density at radius 1 is 1.28 bits per heavy atom. The van der Waals surface area contributed by atoms with Crippen molar-refractivity contribution < 1.29 is 4.79 Å². The molecule has 0 saturated carbocycles. The van der Waals surface area contributed by atoms with Crippen molar-refractivity contribution in [2.45, 2.75) is 40.7 Å². The molecular formula is C15H24N2O. The molecule has 0 aliphatic heterocycles. The van der Waals surface area contributed by atoms with Gasteiger partial charge in [0, 0.05) is 29.5 Å². The van der Waals surface area contributed by atoms with E-state index >= 15 is 0 Å². The lowest BCUT2D eigenvalue weighted by atomic mass is 10.1. The molecule has 0 saturated heterocycles. The first kappa shape index (κ1) is 14.6. The molecule has 0 amide bonds. The number of benzene rings is 1. The number of rotatable bonds is 5. The van der Waals surface area contributed by atoms with Crippen molar-refractivity contribution in [3.05, 3.63) is 23.8 Å². The van der Waals surface area contributed by atoms with Crippen molar-refractivity contribution in [2.75, 3.05) is 17.2 Å². The molecule has 1 aromatic rings. The van der Waals surface area contributed by atoms with E-state index in [1.165, 1.54) is 0 Å². The monoisotopic (exact) mass is 248 g/mol. The molecule has 2 N–H and O–H groups in total. The molecule has 18 heavy (non-hydrogen) atoms. The summed E-state index contributed by atoms with van der Waals surface area (Å²) in [7, 11) is 0. The number of ketones is 1. The standard InChI is InChI=1S/C15H24N2O/c1-10(2)9-17(11(3)4)13-6-7-14(12(5)18)15(16)8-13/h6-8,10-11H,9,16H2,1-5H3. The summed E-state index contributed by atoms with van der Waals surface area (Å²) in [6, 6.07) is 6.12. The highest BCUT2D eigenvalue weighted by Gasteiger charge is 2.14. The minimum atomic E-state index is 0.0130. The molecule has 3 nitrogen and oxygen atoms in total. The van der Waals surface area contributed by atoms with Gasteiger partial charge in [0.15, 0.2) is 5.78 Å². The minimum absolute atomic E-state index is 0.0130. The van der Waals surface area contributed by atoms with Crippen LogP contribution in [0.25, 0.3) is 0 Å². The van der Waals surface area contributed by atoms with Crippen LogP contribution in [-0.4, -0.2) is 18.4 Å². The zero-order valence-corrected chi connectivity index (χ0v) is 12.0. The van der Waals surface area contributed by atoms with Gasteiger partial charge in [0.25, 0.3) is 0 Å². The molecule has 0 fully saturated rings. The van der Waals surface area contributed by atoms with Gasteiger partial charge >= 0.3 is 0 Å². The maximum absolute atomic E-state index is 11.4. The molecule has 0 aliphatic carbocycles. The third kappa shape index (κ3) is 3.49. The van der Waals surface area contributed by atoms with Crippen molar-refractivity contribution in [2.24, 2.45) is 5.92 Å². The molecule has 0 aromatic heterocycles. The highest BCUT2D eigenvalue weighted by molar-refractivity contribution is 5.99. The summed E-state index contributed by atoms with van der Waals surface area (Å²) in [6.07, 6.45) is 0. The summed E-state index contributed by atoms with van der Waals surface area (Å²) in [4.78, 5) is 13.7. The average molecular weight is 248 g/mol. The highest BCUT2D eigenvalue weighted by atomic mass is 16.1. The van der Waals surface area contributed by atoms with Crippen molar-refractivity contribution in [3.8, 4) is 0 Å². The second-order valence-corrected chi connectivity index (χ2v) is 5.47. The van der Waals surface area contributed by atoms with E-state index in [4.69, 9.17) is 5.73 Å². The Kier molecular flexibility index (Phi) is 4.76. The number of nitrogens with zero attached hydrogens (tertiary/aromatic N) is 1. The number of carbonyl (C=O) groups is 1. The number of nitrogens with two attached hydrogens (primary N) is 1. The van der Waals surface area contributed by atoms with Gasteiger partial charge in [0.1, 0.15) is 0 Å². The van der Waals surface area contributed by atoms with E-state index < -0.39 is 0 Å². The summed E-state index contributed by atoms with van der Waals surface area (Å²) in [5.41, 5.74) is 8.20. The summed E-state index contributed by atoms with van der Waals surface area (Å²) >= 11 is 0. The fraction of sp³-hybridized carbons (Fsp3) is 0.533. The number of carbonyl (C=O) groups excluding carboxylic acids is 1. The second-order valence-electron chi connectivity index (χ2n) is 5.47. The van der Waals surface area contributed by atoms with Gasteiger partial charge in [-0.25, -0.2) is 0 Å². The molecule has 0 bridgehead atoms. The molecule has 1 aromatic carbocycles. The van der Waals surface area contributed by atoms with Gasteiger partial charge in [-0.15, -0.1) is 0 Å². The van der Waals surface area contributed by atoms with Gasteiger partial charge in [-0.1, -0.05) is 13.8 Å². The van der Waals surface area contributed by atoms with Crippen LogP contribution in [0.4, 0.5) is 11.4 Å². The SMILES string of the molecule is CC(=O)c1ccc(N(CC(C)C)C(C)C)cc1N. The molecule has 0 unspecified atom stereocenters. The van der Waals surface area contributed by atoms with E-state index in [2.05, 4.69) is 32.6 Å². The number of hydrogen-bond donors (Lipinski definition) is 1. The summed E-state index contributed by atoms with van der Waals surface area (Å²) in [5.74, 6) is 0.597. The van der Waals surface area contributed by atoms with Crippen LogP contribution in [0.2, 0.25) is 0 Å². The lowest BCUT2D eigenvalue weighted by Crippen LogP contribution is -2.34. The van der Waals surface area contributed by atoms with Crippen LogP contribution in [-0.2, 0) is 0 Å². The third-order valence-corrected chi connectivity index (χ3v) is 2.93. The summed E-state index contributed by atoms with van der Waals surface area (Å²) in [6.45, 7) is 11.2. The van der Waals surface area contributed by atoms with Crippen LogP contribution in [0.15, 0.2) is 18.2 Å². The molecule has 0 radical (unpaired) electrons. The van der Waals surface area contributed by atoms with Crippen LogP contribution in [0, 0.1) is 5.92 Å². The van der Waals surface area contributed by atoms with Crippen molar-refractivity contribution >= 4 is 17.2 Å². The number of Topliss-reactive ketones (excluding diaryl/α,β-unsaturated/α-hetero) is 1. The van der Waals surface area contributed by atoms with Crippen molar-refractivity contribution in [1.29, 1.82) is 0 Å². The Balaban J connectivity index is 3.07.